The van der Waals surface area contributed by atoms with Gasteiger partial charge in [-0.2, -0.15) is 0 Å². The molecule has 0 fully saturated rings. The molecule has 0 saturated heterocycles. The van der Waals surface area contributed by atoms with E-state index in [0.717, 1.165) is 32.1 Å². The molecular weight excluding hydrogens is 673 g/mol. The maximum Gasteiger partial charge on any atom is 0.472 e. The lowest BCUT2D eigenvalue weighted by Gasteiger charge is -2.19. The van der Waals surface area contributed by atoms with Crippen LogP contribution in [-0.4, -0.2) is 43.3 Å². The van der Waals surface area contributed by atoms with Crippen molar-refractivity contribution in [3.8, 4) is 0 Å². The SMILES string of the molecule is CCCCCC/C=C\C/C=C\C/C=C\C/C=C\CCC(=O)OC(CO/C=C/CCCCCCCCCCCCCCCC)COP(=O)(O)OCCN. The quantitative estimate of drug-likeness (QED) is 0.0210. The van der Waals surface area contributed by atoms with Gasteiger partial charge < -0.3 is 20.1 Å². The summed E-state index contributed by atoms with van der Waals surface area (Å²) in [4.78, 5) is 22.4. The van der Waals surface area contributed by atoms with E-state index in [1.807, 2.05) is 18.2 Å². The third-order valence-electron chi connectivity index (χ3n) is 8.52. The predicted molar refractivity (Wildman–Crippen MR) is 219 cm³/mol. The molecule has 2 atom stereocenters. The number of phosphoric ester groups is 1. The third-order valence-corrected chi connectivity index (χ3v) is 9.50. The van der Waals surface area contributed by atoms with Gasteiger partial charge in [-0.3, -0.25) is 13.8 Å². The van der Waals surface area contributed by atoms with Crippen molar-refractivity contribution in [2.45, 2.75) is 180 Å². The van der Waals surface area contributed by atoms with Gasteiger partial charge in [0, 0.05) is 13.0 Å². The molecule has 8 nitrogen and oxygen atoms in total. The van der Waals surface area contributed by atoms with Gasteiger partial charge in [0.05, 0.1) is 19.5 Å². The van der Waals surface area contributed by atoms with Crippen LogP contribution < -0.4 is 5.73 Å². The largest absolute Gasteiger partial charge is 0.498 e. The number of unbranched alkanes of at least 4 members (excludes halogenated alkanes) is 18. The Kier molecular flexibility index (Phi) is 38.7. The fourth-order valence-electron chi connectivity index (χ4n) is 5.44. The second kappa shape index (κ2) is 40.2. The maximum atomic E-state index is 12.5. The number of allylic oxidation sites excluding steroid dienone is 9. The van der Waals surface area contributed by atoms with E-state index in [-0.39, 0.29) is 32.8 Å². The molecule has 52 heavy (non-hydrogen) atoms. The Hall–Kier alpha value is -1.96. The van der Waals surface area contributed by atoms with Gasteiger partial charge in [0.15, 0.2) is 6.10 Å². The number of nitrogens with two attached hydrogens (primary N) is 1. The number of phosphoric acid groups is 1. The summed E-state index contributed by atoms with van der Waals surface area (Å²) in [6.45, 7) is 4.14. The average molecular weight is 752 g/mol. The minimum Gasteiger partial charge on any atom is -0.498 e. The van der Waals surface area contributed by atoms with E-state index in [1.165, 1.54) is 116 Å². The van der Waals surface area contributed by atoms with E-state index >= 15 is 0 Å². The average Bonchev–Trinajstić information content (AvgIpc) is 3.13. The smallest absolute Gasteiger partial charge is 0.472 e. The highest BCUT2D eigenvalue weighted by molar-refractivity contribution is 7.47. The third kappa shape index (κ3) is 39.3. The Balaban J connectivity index is 4.23. The summed E-state index contributed by atoms with van der Waals surface area (Å²) in [7, 11) is -4.31. The van der Waals surface area contributed by atoms with E-state index in [0.29, 0.717) is 6.42 Å². The molecule has 0 heterocycles. The predicted octanol–water partition coefficient (Wildman–Crippen LogP) is 12.5. The van der Waals surface area contributed by atoms with E-state index in [2.05, 4.69) is 50.3 Å². The highest BCUT2D eigenvalue weighted by atomic mass is 31.2. The molecule has 0 radical (unpaired) electrons. The molecule has 0 aliphatic rings. The molecule has 0 aromatic rings. The minimum atomic E-state index is -4.31. The first kappa shape index (κ1) is 50.0. The normalized spacial score (nSPS) is 14.1. The van der Waals surface area contributed by atoms with Crippen LogP contribution in [-0.2, 0) is 27.9 Å². The van der Waals surface area contributed by atoms with Gasteiger partial charge in [-0.05, 0) is 57.4 Å². The van der Waals surface area contributed by atoms with Crippen LogP contribution >= 0.6 is 7.82 Å². The molecule has 0 amide bonds. The van der Waals surface area contributed by atoms with Crippen LogP contribution in [0, 0.1) is 0 Å². The van der Waals surface area contributed by atoms with Gasteiger partial charge in [-0.15, -0.1) is 0 Å². The maximum absolute atomic E-state index is 12.5. The summed E-state index contributed by atoms with van der Waals surface area (Å²) in [6.07, 6.45) is 49.1. The van der Waals surface area contributed by atoms with E-state index < -0.39 is 19.9 Å². The van der Waals surface area contributed by atoms with Crippen LogP contribution in [0.5, 0.6) is 0 Å². The summed E-state index contributed by atoms with van der Waals surface area (Å²) in [5.41, 5.74) is 5.35. The Labute approximate surface area is 319 Å². The van der Waals surface area contributed by atoms with Crippen molar-refractivity contribution >= 4 is 13.8 Å². The first-order valence-corrected chi connectivity index (χ1v) is 22.3. The molecule has 0 aliphatic heterocycles. The van der Waals surface area contributed by atoms with Crippen LogP contribution in [0.15, 0.2) is 60.9 Å². The zero-order chi connectivity index (χ0) is 38.1. The molecule has 0 saturated carbocycles. The minimum absolute atomic E-state index is 0.00227. The van der Waals surface area contributed by atoms with Crippen molar-refractivity contribution in [3.05, 3.63) is 60.9 Å². The van der Waals surface area contributed by atoms with Crippen LogP contribution in [0.4, 0.5) is 0 Å². The number of rotatable bonds is 39. The summed E-state index contributed by atoms with van der Waals surface area (Å²) in [6, 6.07) is 0. The summed E-state index contributed by atoms with van der Waals surface area (Å²) < 4.78 is 33.0. The number of carbonyl (C=O) groups excluding carboxylic acids is 1. The second-order valence-corrected chi connectivity index (χ2v) is 15.0. The van der Waals surface area contributed by atoms with Gasteiger partial charge in [0.1, 0.15) is 6.61 Å². The first-order valence-electron chi connectivity index (χ1n) is 20.8. The molecule has 0 bridgehead atoms. The molecule has 0 aromatic heterocycles. The molecule has 0 rings (SSSR count). The van der Waals surface area contributed by atoms with Crippen molar-refractivity contribution < 1.29 is 32.8 Å². The van der Waals surface area contributed by atoms with Crippen molar-refractivity contribution in [2.24, 2.45) is 5.73 Å². The monoisotopic (exact) mass is 752 g/mol. The van der Waals surface area contributed by atoms with Crippen molar-refractivity contribution in [1.82, 2.24) is 0 Å². The Morgan fingerprint density at radius 3 is 1.56 bits per heavy atom. The van der Waals surface area contributed by atoms with Crippen molar-refractivity contribution in [2.75, 3.05) is 26.4 Å². The molecule has 302 valence electrons. The van der Waals surface area contributed by atoms with Crippen LogP contribution in [0.1, 0.15) is 174 Å². The highest BCUT2D eigenvalue weighted by Gasteiger charge is 2.25. The molecule has 3 N–H and O–H groups in total. The van der Waals surface area contributed by atoms with E-state index in [1.54, 1.807) is 6.26 Å². The van der Waals surface area contributed by atoms with Gasteiger partial charge in [0.25, 0.3) is 0 Å². The molecule has 2 unspecified atom stereocenters. The van der Waals surface area contributed by atoms with Gasteiger partial charge in [-0.1, -0.05) is 165 Å². The fraction of sp³-hybridized carbons (Fsp3) is 0.744. The lowest BCUT2D eigenvalue weighted by molar-refractivity contribution is -0.153. The van der Waals surface area contributed by atoms with Crippen LogP contribution in [0.2, 0.25) is 0 Å². The Bertz CT molecular complexity index is 979. The van der Waals surface area contributed by atoms with E-state index in [9.17, 15) is 14.3 Å². The molecule has 0 aromatic carbocycles. The van der Waals surface area contributed by atoms with Gasteiger partial charge in [0.2, 0.25) is 0 Å². The Morgan fingerprint density at radius 2 is 1.04 bits per heavy atom. The number of hydrogen-bond donors (Lipinski definition) is 2. The fourth-order valence-corrected chi connectivity index (χ4v) is 6.20. The summed E-state index contributed by atoms with van der Waals surface area (Å²) in [5.74, 6) is -0.431. The molecular formula is C43H78NO7P. The van der Waals surface area contributed by atoms with Gasteiger partial charge in [-0.25, -0.2) is 4.57 Å². The number of carbonyl (C=O) groups is 1. The zero-order valence-electron chi connectivity index (χ0n) is 33.3. The van der Waals surface area contributed by atoms with E-state index in [4.69, 9.17) is 24.3 Å². The summed E-state index contributed by atoms with van der Waals surface area (Å²) >= 11 is 0. The zero-order valence-corrected chi connectivity index (χ0v) is 34.2. The second-order valence-electron chi connectivity index (χ2n) is 13.6. The van der Waals surface area contributed by atoms with Crippen LogP contribution in [0.3, 0.4) is 0 Å². The summed E-state index contributed by atoms with van der Waals surface area (Å²) in [5, 5.41) is 0. The van der Waals surface area contributed by atoms with Crippen LogP contribution in [0.25, 0.3) is 0 Å². The standard InChI is InChI=1S/C43H78NO7P/c1-3-5-7-9-11-13-15-17-19-21-22-24-26-28-30-32-34-36-43(45)51-42(41-50-52(46,47)49-39-37-44)40-48-38-35-33-31-29-27-25-23-20-18-16-14-12-10-8-6-4-2/h13,15,19,21,24,26,30,32,35,38,42H,3-12,14,16-18,20,22-23,25,27-29,31,33-34,36-37,39-41,44H2,1-2H3,(H,46,47)/b15-13-,21-19-,26-24-,32-30-,38-35+. The number of ether oxygens (including phenoxy) is 2. The molecule has 0 spiro atoms. The Morgan fingerprint density at radius 1 is 0.596 bits per heavy atom. The first-order chi connectivity index (χ1) is 25.4. The molecule has 0 aliphatic carbocycles. The lowest BCUT2D eigenvalue weighted by Crippen LogP contribution is -2.27. The number of hydrogen-bond acceptors (Lipinski definition) is 7. The van der Waals surface area contributed by atoms with Crippen molar-refractivity contribution in [1.29, 1.82) is 0 Å². The number of esters is 1. The van der Waals surface area contributed by atoms with Gasteiger partial charge >= 0.3 is 13.8 Å². The molecule has 9 heteroatoms. The topological polar surface area (TPSA) is 117 Å². The highest BCUT2D eigenvalue weighted by Crippen LogP contribution is 2.43. The van der Waals surface area contributed by atoms with Crippen molar-refractivity contribution in [3.63, 3.8) is 0 Å². The lowest BCUT2D eigenvalue weighted by atomic mass is 10.0.